The van der Waals surface area contributed by atoms with Gasteiger partial charge >= 0.3 is 0 Å². The van der Waals surface area contributed by atoms with Crippen molar-refractivity contribution in [2.75, 3.05) is 18.5 Å². The van der Waals surface area contributed by atoms with Gasteiger partial charge in [-0.05, 0) is 18.1 Å². The van der Waals surface area contributed by atoms with Gasteiger partial charge in [0.25, 0.3) is 5.91 Å². The van der Waals surface area contributed by atoms with Gasteiger partial charge < -0.3 is 15.7 Å². The van der Waals surface area contributed by atoms with Gasteiger partial charge in [0.2, 0.25) is 0 Å². The van der Waals surface area contributed by atoms with Gasteiger partial charge in [-0.1, -0.05) is 19.9 Å². The Morgan fingerprint density at radius 3 is 2.74 bits per heavy atom. The fraction of sp³-hybridized carbons (Fsp3) is 0.429. The van der Waals surface area contributed by atoms with E-state index >= 15 is 0 Å². The molecule has 0 radical (unpaired) electrons. The van der Waals surface area contributed by atoms with Gasteiger partial charge in [0.1, 0.15) is 5.82 Å². The molecule has 0 aromatic carbocycles. The predicted octanol–water partition coefficient (Wildman–Crippen LogP) is 1.43. The molecule has 3 N–H and O–H groups in total. The third-order valence-corrected chi connectivity index (χ3v) is 2.77. The molecule has 1 heterocycles. The number of aliphatic hydroxyl groups excluding tert-OH is 1. The molecule has 19 heavy (non-hydrogen) atoms. The van der Waals surface area contributed by atoms with Crippen LogP contribution in [0.2, 0.25) is 0 Å². The number of rotatable bonds is 7. The Morgan fingerprint density at radius 1 is 1.53 bits per heavy atom. The predicted molar refractivity (Wildman–Crippen MR) is 76.1 cm³/mol. The molecule has 5 nitrogen and oxygen atoms in total. The van der Waals surface area contributed by atoms with E-state index in [1.807, 2.05) is 13.8 Å². The molecule has 1 atom stereocenters. The molecular formula is C14H21N3O2. The molecule has 0 aliphatic heterocycles. The number of carbonyl (C=O) groups excluding carboxylic acids is 1. The molecule has 1 aromatic heterocycles. The third-order valence-electron chi connectivity index (χ3n) is 2.77. The molecule has 0 aliphatic carbocycles. The molecule has 0 saturated heterocycles. The number of nitrogens with zero attached hydrogens (tertiary/aromatic N) is 1. The zero-order valence-corrected chi connectivity index (χ0v) is 11.4. The zero-order valence-electron chi connectivity index (χ0n) is 11.4. The number of hydrogen-bond donors (Lipinski definition) is 3. The zero-order chi connectivity index (χ0) is 14.3. The summed E-state index contributed by atoms with van der Waals surface area (Å²) in [7, 11) is 0. The van der Waals surface area contributed by atoms with Crippen LogP contribution in [-0.4, -0.2) is 35.2 Å². The molecule has 1 amide bonds. The van der Waals surface area contributed by atoms with E-state index in [0.717, 1.165) is 0 Å². The van der Waals surface area contributed by atoms with Crippen molar-refractivity contribution in [2.45, 2.75) is 19.9 Å². The Kier molecular flexibility index (Phi) is 6.02. The maximum atomic E-state index is 11.6. The number of nitrogens with one attached hydrogen (secondary N) is 2. The first-order chi connectivity index (χ1) is 9.08. The van der Waals surface area contributed by atoms with Crippen LogP contribution in [0.4, 0.5) is 5.82 Å². The molecule has 5 heteroatoms. The summed E-state index contributed by atoms with van der Waals surface area (Å²) in [5.41, 5.74) is 0.498. The molecule has 0 aliphatic rings. The van der Waals surface area contributed by atoms with Crippen molar-refractivity contribution in [3.05, 3.63) is 36.5 Å². The van der Waals surface area contributed by atoms with E-state index < -0.39 is 0 Å². The van der Waals surface area contributed by atoms with Crippen LogP contribution in [0.15, 0.2) is 31.0 Å². The summed E-state index contributed by atoms with van der Waals surface area (Å²) >= 11 is 0. The summed E-state index contributed by atoms with van der Waals surface area (Å²) in [5.74, 6) is 0.761. The average Bonchev–Trinajstić information content (AvgIpc) is 2.42. The normalized spacial score (nSPS) is 12.0. The average molecular weight is 263 g/mol. The smallest absolute Gasteiger partial charge is 0.253 e. The van der Waals surface area contributed by atoms with Crippen LogP contribution >= 0.6 is 0 Å². The first-order valence-corrected chi connectivity index (χ1v) is 6.31. The minimum atomic E-state index is -0.179. The number of anilines is 1. The van der Waals surface area contributed by atoms with E-state index in [0.29, 0.717) is 23.8 Å². The van der Waals surface area contributed by atoms with E-state index in [2.05, 4.69) is 22.2 Å². The fourth-order valence-electron chi connectivity index (χ4n) is 1.49. The van der Waals surface area contributed by atoms with Crippen molar-refractivity contribution in [1.82, 2.24) is 10.3 Å². The van der Waals surface area contributed by atoms with E-state index in [4.69, 9.17) is 0 Å². The summed E-state index contributed by atoms with van der Waals surface area (Å²) in [4.78, 5) is 15.8. The third kappa shape index (κ3) is 4.71. The van der Waals surface area contributed by atoms with Gasteiger partial charge in [-0.3, -0.25) is 4.79 Å². The number of aromatic nitrogens is 1. The lowest BCUT2D eigenvalue weighted by atomic mass is 10.1. The van der Waals surface area contributed by atoms with Crippen LogP contribution in [0.5, 0.6) is 0 Å². The lowest BCUT2D eigenvalue weighted by molar-refractivity contribution is 0.0957. The summed E-state index contributed by atoms with van der Waals surface area (Å²) < 4.78 is 0. The molecule has 0 saturated carbocycles. The van der Waals surface area contributed by atoms with Crippen LogP contribution in [0.1, 0.15) is 24.2 Å². The number of pyridine rings is 1. The molecule has 1 rings (SSSR count). The van der Waals surface area contributed by atoms with Gasteiger partial charge in [-0.25, -0.2) is 4.98 Å². The lowest BCUT2D eigenvalue weighted by Crippen LogP contribution is -2.30. The summed E-state index contributed by atoms with van der Waals surface area (Å²) in [6.07, 6.45) is 3.13. The Labute approximate surface area is 113 Å². The van der Waals surface area contributed by atoms with Crippen LogP contribution in [0.25, 0.3) is 0 Å². The second-order valence-corrected chi connectivity index (χ2v) is 4.61. The molecule has 0 fully saturated rings. The van der Waals surface area contributed by atoms with Crippen molar-refractivity contribution >= 4 is 11.7 Å². The van der Waals surface area contributed by atoms with Gasteiger partial charge in [0, 0.05) is 12.7 Å². The number of hydrogen-bond acceptors (Lipinski definition) is 4. The number of carbonyl (C=O) groups is 1. The second kappa shape index (κ2) is 7.53. The highest BCUT2D eigenvalue weighted by Crippen LogP contribution is 2.10. The monoisotopic (exact) mass is 263 g/mol. The largest absolute Gasteiger partial charge is 0.394 e. The molecule has 0 bridgehead atoms. The molecule has 104 valence electrons. The van der Waals surface area contributed by atoms with Crippen molar-refractivity contribution in [3.8, 4) is 0 Å². The van der Waals surface area contributed by atoms with Crippen LogP contribution < -0.4 is 10.6 Å². The van der Waals surface area contributed by atoms with Crippen molar-refractivity contribution in [2.24, 2.45) is 5.92 Å². The Hall–Kier alpha value is -1.88. The summed E-state index contributed by atoms with van der Waals surface area (Å²) in [6.45, 7) is 8.04. The quantitative estimate of drug-likeness (QED) is 0.651. The Balaban J connectivity index is 2.65. The molecular weight excluding hydrogens is 242 g/mol. The van der Waals surface area contributed by atoms with E-state index in [1.54, 1.807) is 18.2 Å². The van der Waals surface area contributed by atoms with Crippen molar-refractivity contribution in [1.29, 1.82) is 0 Å². The Bertz CT molecular complexity index is 415. The summed E-state index contributed by atoms with van der Waals surface area (Å²) in [6, 6.07) is 3.38. The minimum Gasteiger partial charge on any atom is -0.394 e. The SMILES string of the molecule is C=CCNC(=O)c1ccc(N[C@H](CO)C(C)C)nc1. The summed E-state index contributed by atoms with van der Waals surface area (Å²) in [5, 5.41) is 15.0. The molecule has 1 aromatic rings. The fourth-order valence-corrected chi connectivity index (χ4v) is 1.49. The number of aliphatic hydroxyl groups is 1. The standard InChI is InChI=1S/C14H21N3O2/c1-4-7-15-14(19)11-5-6-13(16-8-11)17-12(9-18)10(2)3/h4-6,8,10,12,18H,1,7,9H2,2-3H3,(H,15,19)(H,16,17)/t12-/m1/s1. The maximum Gasteiger partial charge on any atom is 0.253 e. The van der Waals surface area contributed by atoms with E-state index in [-0.39, 0.29) is 18.6 Å². The maximum absolute atomic E-state index is 11.6. The highest BCUT2D eigenvalue weighted by atomic mass is 16.3. The van der Waals surface area contributed by atoms with Crippen LogP contribution in [0, 0.1) is 5.92 Å². The first kappa shape index (κ1) is 15.2. The molecule has 0 spiro atoms. The van der Waals surface area contributed by atoms with Crippen LogP contribution in [-0.2, 0) is 0 Å². The van der Waals surface area contributed by atoms with E-state index in [9.17, 15) is 9.90 Å². The second-order valence-electron chi connectivity index (χ2n) is 4.61. The van der Waals surface area contributed by atoms with Crippen molar-refractivity contribution in [3.63, 3.8) is 0 Å². The van der Waals surface area contributed by atoms with Gasteiger partial charge in [0.05, 0.1) is 18.2 Å². The minimum absolute atomic E-state index is 0.0426. The van der Waals surface area contributed by atoms with Gasteiger partial charge in [-0.15, -0.1) is 6.58 Å². The lowest BCUT2D eigenvalue weighted by Gasteiger charge is -2.20. The highest BCUT2D eigenvalue weighted by Gasteiger charge is 2.12. The molecule has 0 unspecified atom stereocenters. The number of amides is 1. The first-order valence-electron chi connectivity index (χ1n) is 6.31. The topological polar surface area (TPSA) is 74.2 Å². The Morgan fingerprint density at radius 2 is 2.26 bits per heavy atom. The van der Waals surface area contributed by atoms with Gasteiger partial charge in [0.15, 0.2) is 0 Å². The van der Waals surface area contributed by atoms with Gasteiger partial charge in [-0.2, -0.15) is 0 Å². The van der Waals surface area contributed by atoms with Crippen molar-refractivity contribution < 1.29 is 9.90 Å². The van der Waals surface area contributed by atoms with Crippen LogP contribution in [0.3, 0.4) is 0 Å². The highest BCUT2D eigenvalue weighted by molar-refractivity contribution is 5.94. The van der Waals surface area contributed by atoms with E-state index in [1.165, 1.54) is 6.20 Å².